The number of hydrogen-bond acceptors (Lipinski definition) is 5. The predicted octanol–water partition coefficient (Wildman–Crippen LogP) is 4.36. The summed E-state index contributed by atoms with van der Waals surface area (Å²) >= 11 is 6.07. The quantitative estimate of drug-likeness (QED) is 0.678. The number of benzene rings is 1. The van der Waals surface area contributed by atoms with Crippen molar-refractivity contribution in [3.63, 3.8) is 0 Å². The van der Waals surface area contributed by atoms with Gasteiger partial charge in [0, 0.05) is 36.4 Å². The fourth-order valence-electron chi connectivity index (χ4n) is 6.25. The molecule has 2 aromatic rings. The summed E-state index contributed by atoms with van der Waals surface area (Å²) in [7, 11) is -1.00. The van der Waals surface area contributed by atoms with Crippen molar-refractivity contribution in [2.75, 3.05) is 35.7 Å². The lowest BCUT2D eigenvalue weighted by atomic mass is 9.77. The third-order valence-corrected chi connectivity index (χ3v) is 9.95. The standard InChI is InChI=1S/C25H30ClN3O2S/c26-20-4-2-16(3-5-20)17-10-18-13-29(14-19(18)11-17)23-12-22(28-25(15-30)7-1-8-25)24-21(27-23)6-9-32(24)31/h2-5,12,17-19,30H,1,6-11,13-15H2,(H,27,28)/t17?,18?,19?,32-/m0/s1. The van der Waals surface area contributed by atoms with Crippen LogP contribution in [-0.2, 0) is 17.2 Å². The molecule has 2 aliphatic carbocycles. The summed E-state index contributed by atoms with van der Waals surface area (Å²) in [5.41, 5.74) is 3.07. The maximum absolute atomic E-state index is 12.7. The molecular formula is C25H30ClN3O2S. The van der Waals surface area contributed by atoms with Crippen molar-refractivity contribution >= 4 is 33.9 Å². The summed E-state index contributed by atoms with van der Waals surface area (Å²) in [5, 5.41) is 14.4. The first-order chi connectivity index (χ1) is 15.5. The molecule has 6 rings (SSSR count). The molecule has 3 fully saturated rings. The molecule has 1 saturated heterocycles. The molecule has 1 aromatic heterocycles. The molecule has 2 saturated carbocycles. The lowest BCUT2D eigenvalue weighted by molar-refractivity contribution is 0.144. The predicted molar refractivity (Wildman–Crippen MR) is 129 cm³/mol. The molecule has 0 bridgehead atoms. The Morgan fingerprint density at radius 3 is 2.53 bits per heavy atom. The number of nitrogens with one attached hydrogen (secondary N) is 1. The molecule has 2 unspecified atom stereocenters. The number of aromatic nitrogens is 1. The Bertz CT molecular complexity index is 1040. The monoisotopic (exact) mass is 471 g/mol. The van der Waals surface area contributed by atoms with Gasteiger partial charge in [-0.05, 0) is 67.6 Å². The molecule has 0 spiro atoms. The topological polar surface area (TPSA) is 65.5 Å². The largest absolute Gasteiger partial charge is 0.394 e. The third-order valence-electron chi connectivity index (χ3n) is 8.21. The Kier molecular flexibility index (Phi) is 5.23. The molecule has 0 amide bonds. The molecular weight excluding hydrogens is 442 g/mol. The van der Waals surface area contributed by atoms with E-state index in [2.05, 4.69) is 28.4 Å². The van der Waals surface area contributed by atoms with E-state index in [4.69, 9.17) is 16.6 Å². The lowest BCUT2D eigenvalue weighted by Gasteiger charge is -2.42. The van der Waals surface area contributed by atoms with Crippen LogP contribution in [0.25, 0.3) is 0 Å². The first-order valence-electron chi connectivity index (χ1n) is 11.9. The zero-order valence-electron chi connectivity index (χ0n) is 18.2. The third kappa shape index (κ3) is 3.55. The number of rotatable bonds is 5. The van der Waals surface area contributed by atoms with Crippen molar-refractivity contribution in [2.24, 2.45) is 11.8 Å². The minimum Gasteiger partial charge on any atom is -0.394 e. The number of halogens is 1. The smallest absolute Gasteiger partial charge is 0.130 e. The van der Waals surface area contributed by atoms with Gasteiger partial charge in [-0.15, -0.1) is 0 Å². The molecule has 2 N–H and O–H groups in total. The number of nitrogens with zero attached hydrogens (tertiary/aromatic N) is 2. The van der Waals surface area contributed by atoms with E-state index < -0.39 is 10.8 Å². The molecule has 32 heavy (non-hydrogen) atoms. The molecule has 5 nitrogen and oxygen atoms in total. The first-order valence-corrected chi connectivity index (χ1v) is 13.5. The van der Waals surface area contributed by atoms with Gasteiger partial charge >= 0.3 is 0 Å². The van der Waals surface area contributed by atoms with Crippen LogP contribution in [0.3, 0.4) is 0 Å². The van der Waals surface area contributed by atoms with Gasteiger partial charge < -0.3 is 15.3 Å². The summed E-state index contributed by atoms with van der Waals surface area (Å²) in [6.45, 7) is 2.19. The molecule has 7 heteroatoms. The number of fused-ring (bicyclic) bond motifs is 2. The van der Waals surface area contributed by atoms with Gasteiger partial charge in [0.05, 0.1) is 39.2 Å². The Morgan fingerprint density at radius 2 is 1.91 bits per heavy atom. The Morgan fingerprint density at radius 1 is 1.19 bits per heavy atom. The fourth-order valence-corrected chi connectivity index (χ4v) is 7.72. The molecule has 0 radical (unpaired) electrons. The van der Waals surface area contributed by atoms with E-state index in [0.29, 0.717) is 23.5 Å². The molecule has 1 aromatic carbocycles. The maximum atomic E-state index is 12.7. The van der Waals surface area contributed by atoms with Crippen LogP contribution in [0.4, 0.5) is 11.5 Å². The summed E-state index contributed by atoms with van der Waals surface area (Å²) in [6, 6.07) is 10.5. The van der Waals surface area contributed by atoms with Crippen molar-refractivity contribution in [2.45, 2.75) is 54.9 Å². The highest BCUT2D eigenvalue weighted by Gasteiger charge is 2.43. The van der Waals surface area contributed by atoms with E-state index in [1.807, 2.05) is 12.1 Å². The normalized spacial score (nSPS) is 30.1. The van der Waals surface area contributed by atoms with Crippen molar-refractivity contribution in [3.8, 4) is 0 Å². The highest BCUT2D eigenvalue weighted by Crippen LogP contribution is 2.48. The SMILES string of the molecule is O=[S@]1CCc2nc(N3CC4CC(c5ccc(Cl)cc5)CC4C3)cc(NC3(CO)CCC3)c21. The zero-order chi connectivity index (χ0) is 21.9. The van der Waals surface area contributed by atoms with Crippen LogP contribution in [0, 0.1) is 11.8 Å². The second kappa shape index (κ2) is 8.00. The maximum Gasteiger partial charge on any atom is 0.130 e. The van der Waals surface area contributed by atoms with Gasteiger partial charge in [0.2, 0.25) is 0 Å². The summed E-state index contributed by atoms with van der Waals surface area (Å²) in [6.07, 6.45) is 6.26. The Labute approximate surface area is 197 Å². The highest BCUT2D eigenvalue weighted by atomic mass is 35.5. The minimum absolute atomic E-state index is 0.117. The number of anilines is 2. The first kappa shape index (κ1) is 20.9. The van der Waals surface area contributed by atoms with Gasteiger partial charge in [-0.2, -0.15) is 0 Å². The second-order valence-electron chi connectivity index (χ2n) is 10.2. The molecule has 2 aliphatic heterocycles. The van der Waals surface area contributed by atoms with Crippen LogP contribution in [-0.4, -0.2) is 45.3 Å². The lowest BCUT2D eigenvalue weighted by Crippen LogP contribution is -2.48. The van der Waals surface area contributed by atoms with Crippen LogP contribution in [0.2, 0.25) is 5.02 Å². The van der Waals surface area contributed by atoms with Gasteiger partial charge in [-0.3, -0.25) is 4.21 Å². The molecule has 170 valence electrons. The minimum atomic E-state index is -1.00. The average molecular weight is 472 g/mol. The summed E-state index contributed by atoms with van der Waals surface area (Å²) in [5.74, 6) is 3.66. The van der Waals surface area contributed by atoms with Crippen LogP contribution in [0.15, 0.2) is 35.2 Å². The fraction of sp³-hybridized carbons (Fsp3) is 0.560. The van der Waals surface area contributed by atoms with E-state index in [9.17, 15) is 9.32 Å². The van der Waals surface area contributed by atoms with Crippen LogP contribution in [0.1, 0.15) is 49.3 Å². The number of pyridine rings is 1. The number of aliphatic hydroxyl groups is 1. The molecule has 3 atom stereocenters. The van der Waals surface area contributed by atoms with Gasteiger partial charge in [-0.1, -0.05) is 23.7 Å². The van der Waals surface area contributed by atoms with E-state index in [-0.39, 0.29) is 12.1 Å². The van der Waals surface area contributed by atoms with E-state index in [1.165, 1.54) is 18.4 Å². The summed E-state index contributed by atoms with van der Waals surface area (Å²) < 4.78 is 12.7. The second-order valence-corrected chi connectivity index (χ2v) is 12.1. The van der Waals surface area contributed by atoms with E-state index in [0.717, 1.165) is 65.9 Å². The van der Waals surface area contributed by atoms with Crippen LogP contribution >= 0.6 is 11.6 Å². The number of aryl methyl sites for hydroxylation is 1. The Balaban J connectivity index is 1.22. The van der Waals surface area contributed by atoms with Gasteiger partial charge in [0.15, 0.2) is 0 Å². The van der Waals surface area contributed by atoms with E-state index >= 15 is 0 Å². The summed E-state index contributed by atoms with van der Waals surface area (Å²) in [4.78, 5) is 8.28. The van der Waals surface area contributed by atoms with Crippen molar-refractivity contribution < 1.29 is 9.32 Å². The number of hydrogen-bond donors (Lipinski definition) is 2. The van der Waals surface area contributed by atoms with Crippen molar-refractivity contribution in [3.05, 3.63) is 46.6 Å². The number of aliphatic hydroxyl groups excluding tert-OH is 1. The van der Waals surface area contributed by atoms with Crippen molar-refractivity contribution in [1.29, 1.82) is 0 Å². The van der Waals surface area contributed by atoms with Gasteiger partial charge in [0.25, 0.3) is 0 Å². The van der Waals surface area contributed by atoms with Crippen LogP contribution < -0.4 is 10.2 Å². The van der Waals surface area contributed by atoms with Crippen LogP contribution in [0.5, 0.6) is 0 Å². The average Bonchev–Trinajstić information content (AvgIpc) is 3.44. The van der Waals surface area contributed by atoms with Crippen molar-refractivity contribution in [1.82, 2.24) is 4.98 Å². The molecule has 3 heterocycles. The Hall–Kier alpha value is -1.63. The highest BCUT2D eigenvalue weighted by molar-refractivity contribution is 7.85. The molecule has 4 aliphatic rings. The van der Waals surface area contributed by atoms with Gasteiger partial charge in [0.1, 0.15) is 5.82 Å². The zero-order valence-corrected chi connectivity index (χ0v) is 19.8. The van der Waals surface area contributed by atoms with E-state index in [1.54, 1.807) is 0 Å². The van der Waals surface area contributed by atoms with Gasteiger partial charge in [-0.25, -0.2) is 4.98 Å².